The van der Waals surface area contributed by atoms with Gasteiger partial charge in [0.25, 0.3) is 0 Å². The maximum atomic E-state index is 10.2. The third-order valence-electron chi connectivity index (χ3n) is 4.37. The molecule has 0 spiro atoms. The van der Waals surface area contributed by atoms with Crippen LogP contribution in [0.5, 0.6) is 17.2 Å². The molecule has 0 bridgehead atoms. The van der Waals surface area contributed by atoms with Crippen LogP contribution >= 0.6 is 0 Å². The number of rotatable bonds is 8. The van der Waals surface area contributed by atoms with Crippen LogP contribution in [0.2, 0.25) is 0 Å². The molecule has 0 amide bonds. The van der Waals surface area contributed by atoms with Crippen LogP contribution in [-0.2, 0) is 13.0 Å². The van der Waals surface area contributed by atoms with Gasteiger partial charge in [0.1, 0.15) is 24.1 Å². The number of benzene rings is 2. The van der Waals surface area contributed by atoms with Crippen molar-refractivity contribution in [3.05, 3.63) is 53.6 Å². The molecule has 5 heteroatoms. The Hall–Kier alpha value is -2.24. The quantitative estimate of drug-likeness (QED) is 0.761. The van der Waals surface area contributed by atoms with E-state index >= 15 is 0 Å². The Morgan fingerprint density at radius 3 is 2.73 bits per heavy atom. The van der Waals surface area contributed by atoms with E-state index < -0.39 is 6.10 Å². The van der Waals surface area contributed by atoms with E-state index in [0.717, 1.165) is 29.0 Å². The number of hydrogen-bond acceptors (Lipinski definition) is 5. The number of para-hydroxylation sites is 2. The standard InChI is InChI=1S/C21H27NO4/c1-21(2)11-15-8-6-10-19(20(15)26-21)25-14-17(23)13-22-12-16-7-4-5-9-18(16)24-3/h4-10,17,22-23H,11-14H2,1-3H3/t17-/m1/s1. The molecule has 0 aliphatic carbocycles. The van der Waals surface area contributed by atoms with Crippen molar-refractivity contribution >= 4 is 0 Å². The predicted molar refractivity (Wildman–Crippen MR) is 101 cm³/mol. The second kappa shape index (κ2) is 7.98. The van der Waals surface area contributed by atoms with E-state index in [2.05, 4.69) is 25.2 Å². The Morgan fingerprint density at radius 2 is 1.92 bits per heavy atom. The molecular weight excluding hydrogens is 330 g/mol. The number of methoxy groups -OCH3 is 1. The van der Waals surface area contributed by atoms with Crippen molar-refractivity contribution in [2.45, 2.75) is 38.5 Å². The van der Waals surface area contributed by atoms with E-state index in [0.29, 0.717) is 18.8 Å². The second-order valence-corrected chi connectivity index (χ2v) is 7.19. The Bertz CT molecular complexity index is 745. The third-order valence-corrected chi connectivity index (χ3v) is 4.37. The Labute approximate surface area is 154 Å². The number of nitrogens with one attached hydrogen (secondary N) is 1. The molecule has 2 aromatic rings. The highest BCUT2D eigenvalue weighted by Crippen LogP contribution is 2.41. The summed E-state index contributed by atoms with van der Waals surface area (Å²) in [5, 5.41) is 13.4. The molecular formula is C21H27NO4. The van der Waals surface area contributed by atoms with Crippen LogP contribution in [0, 0.1) is 0 Å². The van der Waals surface area contributed by atoms with E-state index in [1.807, 2.05) is 36.4 Å². The molecule has 1 heterocycles. The fourth-order valence-electron chi connectivity index (χ4n) is 3.17. The molecule has 2 N–H and O–H groups in total. The lowest BCUT2D eigenvalue weighted by Crippen LogP contribution is -2.31. The second-order valence-electron chi connectivity index (χ2n) is 7.19. The minimum atomic E-state index is -0.616. The number of aliphatic hydroxyl groups excluding tert-OH is 1. The third kappa shape index (κ3) is 4.48. The maximum absolute atomic E-state index is 10.2. The van der Waals surface area contributed by atoms with E-state index in [1.165, 1.54) is 0 Å². The van der Waals surface area contributed by atoms with Gasteiger partial charge in [-0.25, -0.2) is 0 Å². The fourth-order valence-corrected chi connectivity index (χ4v) is 3.17. The summed E-state index contributed by atoms with van der Waals surface area (Å²) in [6.07, 6.45) is 0.248. The van der Waals surface area contributed by atoms with Crippen LogP contribution in [0.15, 0.2) is 42.5 Å². The fraction of sp³-hybridized carbons (Fsp3) is 0.429. The average molecular weight is 357 g/mol. The van der Waals surface area contributed by atoms with Crippen LogP contribution in [0.4, 0.5) is 0 Å². The number of hydrogen-bond donors (Lipinski definition) is 2. The first kappa shape index (κ1) is 18.5. The van der Waals surface area contributed by atoms with Crippen molar-refractivity contribution in [3.8, 4) is 17.2 Å². The summed E-state index contributed by atoms with van der Waals surface area (Å²) in [5.74, 6) is 2.33. The zero-order valence-electron chi connectivity index (χ0n) is 15.6. The van der Waals surface area contributed by atoms with Gasteiger partial charge in [-0.2, -0.15) is 0 Å². The van der Waals surface area contributed by atoms with Crippen molar-refractivity contribution in [1.82, 2.24) is 5.32 Å². The van der Waals surface area contributed by atoms with Crippen molar-refractivity contribution in [2.75, 3.05) is 20.3 Å². The van der Waals surface area contributed by atoms with Crippen molar-refractivity contribution in [3.63, 3.8) is 0 Å². The zero-order chi connectivity index (χ0) is 18.6. The number of aliphatic hydroxyl groups is 1. The molecule has 1 aliphatic heterocycles. The summed E-state index contributed by atoms with van der Waals surface area (Å²) in [6, 6.07) is 13.7. The highest BCUT2D eigenvalue weighted by atomic mass is 16.5. The average Bonchev–Trinajstić information content (AvgIpc) is 2.94. The van der Waals surface area contributed by atoms with Gasteiger partial charge >= 0.3 is 0 Å². The van der Waals surface area contributed by atoms with Crippen LogP contribution in [0.3, 0.4) is 0 Å². The summed E-state index contributed by atoms with van der Waals surface area (Å²) in [6.45, 7) is 5.39. The first-order chi connectivity index (χ1) is 12.5. The Balaban J connectivity index is 1.48. The maximum Gasteiger partial charge on any atom is 0.165 e. The number of fused-ring (bicyclic) bond motifs is 1. The van der Waals surface area contributed by atoms with Crippen LogP contribution in [-0.4, -0.2) is 37.1 Å². The normalized spacial score (nSPS) is 15.8. The smallest absolute Gasteiger partial charge is 0.165 e. The topological polar surface area (TPSA) is 60.0 Å². The van der Waals surface area contributed by atoms with E-state index in [-0.39, 0.29) is 12.2 Å². The van der Waals surface area contributed by atoms with E-state index in [9.17, 15) is 5.11 Å². The highest BCUT2D eigenvalue weighted by molar-refractivity contribution is 5.50. The van der Waals surface area contributed by atoms with Gasteiger partial charge in [-0.05, 0) is 26.0 Å². The van der Waals surface area contributed by atoms with Gasteiger partial charge in [0.15, 0.2) is 11.5 Å². The molecule has 26 heavy (non-hydrogen) atoms. The summed E-state index contributed by atoms with van der Waals surface area (Å²) in [4.78, 5) is 0. The van der Waals surface area contributed by atoms with E-state index in [4.69, 9.17) is 14.2 Å². The van der Waals surface area contributed by atoms with Gasteiger partial charge in [0.05, 0.1) is 7.11 Å². The molecule has 0 radical (unpaired) electrons. The number of ether oxygens (including phenoxy) is 3. The van der Waals surface area contributed by atoms with Gasteiger partial charge in [-0.1, -0.05) is 30.3 Å². The van der Waals surface area contributed by atoms with Crippen molar-refractivity contribution < 1.29 is 19.3 Å². The van der Waals surface area contributed by atoms with Gasteiger partial charge in [-0.3, -0.25) is 0 Å². The monoisotopic (exact) mass is 357 g/mol. The van der Waals surface area contributed by atoms with Crippen molar-refractivity contribution in [1.29, 1.82) is 0 Å². The minimum Gasteiger partial charge on any atom is -0.496 e. The van der Waals surface area contributed by atoms with Crippen LogP contribution in [0.1, 0.15) is 25.0 Å². The zero-order valence-corrected chi connectivity index (χ0v) is 15.6. The van der Waals surface area contributed by atoms with Gasteiger partial charge < -0.3 is 24.6 Å². The van der Waals surface area contributed by atoms with Crippen LogP contribution in [0.25, 0.3) is 0 Å². The summed E-state index contributed by atoms with van der Waals surface area (Å²) in [5.41, 5.74) is 1.99. The predicted octanol–water partition coefficient (Wildman–Crippen LogP) is 2.94. The molecule has 3 rings (SSSR count). The summed E-state index contributed by atoms with van der Waals surface area (Å²) in [7, 11) is 1.66. The Kier molecular flexibility index (Phi) is 5.69. The molecule has 2 aromatic carbocycles. The summed E-state index contributed by atoms with van der Waals surface area (Å²) < 4.78 is 17.1. The first-order valence-corrected chi connectivity index (χ1v) is 8.93. The van der Waals surface area contributed by atoms with Gasteiger partial charge in [0, 0.05) is 30.6 Å². The SMILES string of the molecule is COc1ccccc1CNC[C@@H](O)COc1cccc2c1OC(C)(C)C2. The largest absolute Gasteiger partial charge is 0.496 e. The van der Waals surface area contributed by atoms with E-state index in [1.54, 1.807) is 7.11 Å². The summed E-state index contributed by atoms with van der Waals surface area (Å²) >= 11 is 0. The van der Waals surface area contributed by atoms with Gasteiger partial charge in [-0.15, -0.1) is 0 Å². The molecule has 1 atom stereocenters. The molecule has 0 saturated heterocycles. The van der Waals surface area contributed by atoms with Crippen molar-refractivity contribution in [2.24, 2.45) is 0 Å². The molecule has 0 unspecified atom stereocenters. The molecule has 140 valence electrons. The molecule has 0 aromatic heterocycles. The lowest BCUT2D eigenvalue weighted by atomic mass is 10.0. The lowest BCUT2D eigenvalue weighted by Gasteiger charge is -2.19. The Morgan fingerprint density at radius 1 is 1.15 bits per heavy atom. The molecule has 0 fully saturated rings. The minimum absolute atomic E-state index is 0.208. The van der Waals surface area contributed by atoms with Crippen LogP contribution < -0.4 is 19.5 Å². The first-order valence-electron chi connectivity index (χ1n) is 8.93. The highest BCUT2D eigenvalue weighted by Gasteiger charge is 2.32. The molecule has 0 saturated carbocycles. The molecule has 1 aliphatic rings. The lowest BCUT2D eigenvalue weighted by molar-refractivity contribution is 0.0970. The van der Waals surface area contributed by atoms with Gasteiger partial charge in [0.2, 0.25) is 0 Å². The molecule has 5 nitrogen and oxygen atoms in total.